The Bertz CT molecular complexity index is 3110. The summed E-state index contributed by atoms with van der Waals surface area (Å²) in [5, 5.41) is 4.94. The second-order valence-electron chi connectivity index (χ2n) is 15.7. The molecule has 0 fully saturated rings. The maximum absolute atomic E-state index is 2.55. The van der Waals surface area contributed by atoms with Crippen molar-refractivity contribution in [3.63, 3.8) is 0 Å². The molecule has 1 heterocycles. The molecule has 57 heavy (non-hydrogen) atoms. The van der Waals surface area contributed by atoms with Gasteiger partial charge in [0, 0.05) is 33.0 Å². The maximum Gasteiger partial charge on any atom is 0.0541 e. The van der Waals surface area contributed by atoms with Crippen LogP contribution in [-0.2, 0) is 5.41 Å². The zero-order valence-corrected chi connectivity index (χ0v) is 32.0. The number of para-hydroxylation sites is 4. The molecule has 0 amide bonds. The predicted octanol–water partition coefficient (Wildman–Crippen LogP) is 15.0. The Morgan fingerprint density at radius 1 is 0.386 bits per heavy atom. The van der Waals surface area contributed by atoms with Gasteiger partial charge in [-0.3, -0.25) is 0 Å². The first-order valence-corrected chi connectivity index (χ1v) is 19.9. The quantitative estimate of drug-likeness (QED) is 0.165. The predicted molar refractivity (Wildman–Crippen MR) is 241 cm³/mol. The smallest absolute Gasteiger partial charge is 0.0541 e. The molecule has 0 aliphatic heterocycles. The van der Waals surface area contributed by atoms with Gasteiger partial charge in [0.15, 0.2) is 0 Å². The third kappa shape index (κ3) is 5.11. The third-order valence-electron chi connectivity index (χ3n) is 12.1. The van der Waals surface area contributed by atoms with Crippen molar-refractivity contribution in [2.24, 2.45) is 0 Å². The standard InChI is InChI=1S/C55H40N2/c1-55(2)48-29-13-8-24-42(48)46-28-18-34-53(54(46)55)57(49-30-14-9-23-41(49)37-19-4-3-5-20-37)52-33-17-12-27-45(52)47-36-39(35-38-21-6-7-22-40(38)47)56-50-31-15-10-25-43(50)44-26-11-16-32-51(44)56/h3-36H,1-2H3. The van der Waals surface area contributed by atoms with Crippen LogP contribution in [0.4, 0.5) is 17.1 Å². The van der Waals surface area contributed by atoms with E-state index in [-0.39, 0.29) is 5.41 Å². The lowest BCUT2D eigenvalue weighted by Gasteiger charge is -2.34. The van der Waals surface area contributed by atoms with E-state index in [0.29, 0.717) is 0 Å². The van der Waals surface area contributed by atoms with Gasteiger partial charge in [0.05, 0.1) is 28.1 Å². The molecule has 0 saturated carbocycles. The molecule has 0 unspecified atom stereocenters. The van der Waals surface area contributed by atoms with Gasteiger partial charge in [-0.25, -0.2) is 0 Å². The molecule has 10 aromatic rings. The van der Waals surface area contributed by atoms with Gasteiger partial charge >= 0.3 is 0 Å². The summed E-state index contributed by atoms with van der Waals surface area (Å²) in [5.41, 5.74) is 16.8. The summed E-state index contributed by atoms with van der Waals surface area (Å²) in [5.74, 6) is 0. The molecule has 1 aliphatic rings. The van der Waals surface area contributed by atoms with Crippen LogP contribution >= 0.6 is 0 Å². The molecule has 1 aromatic heterocycles. The Morgan fingerprint density at radius 2 is 0.912 bits per heavy atom. The number of fused-ring (bicyclic) bond motifs is 7. The van der Waals surface area contributed by atoms with Gasteiger partial charge in [-0.15, -0.1) is 0 Å². The van der Waals surface area contributed by atoms with Crippen molar-refractivity contribution in [3.8, 4) is 39.1 Å². The van der Waals surface area contributed by atoms with Crippen molar-refractivity contribution < 1.29 is 0 Å². The second kappa shape index (κ2) is 13.0. The minimum Gasteiger partial charge on any atom is -0.309 e. The minimum absolute atomic E-state index is 0.222. The molecule has 0 spiro atoms. The maximum atomic E-state index is 2.55. The average molecular weight is 729 g/mol. The van der Waals surface area contributed by atoms with Crippen molar-refractivity contribution >= 4 is 49.6 Å². The fraction of sp³-hybridized carbons (Fsp3) is 0.0545. The van der Waals surface area contributed by atoms with Crippen LogP contribution in [0.15, 0.2) is 206 Å². The SMILES string of the molecule is CC1(C)c2ccccc2-c2cccc(N(c3ccccc3-c3ccccc3)c3ccccc3-c3cc(-n4c5ccccc5c5ccccc54)cc4ccccc34)c21. The summed E-state index contributed by atoms with van der Waals surface area (Å²) in [6.07, 6.45) is 0. The first-order valence-electron chi connectivity index (χ1n) is 19.9. The van der Waals surface area contributed by atoms with E-state index in [0.717, 1.165) is 17.1 Å². The van der Waals surface area contributed by atoms with E-state index in [4.69, 9.17) is 0 Å². The number of benzene rings is 9. The summed E-state index contributed by atoms with van der Waals surface area (Å²) >= 11 is 0. The van der Waals surface area contributed by atoms with E-state index < -0.39 is 0 Å². The monoisotopic (exact) mass is 728 g/mol. The van der Waals surface area contributed by atoms with Gasteiger partial charge in [-0.2, -0.15) is 0 Å². The van der Waals surface area contributed by atoms with Crippen LogP contribution in [0.2, 0.25) is 0 Å². The number of hydrogen-bond acceptors (Lipinski definition) is 1. The van der Waals surface area contributed by atoms with Crippen molar-refractivity contribution in [1.29, 1.82) is 0 Å². The van der Waals surface area contributed by atoms with Crippen molar-refractivity contribution in [1.82, 2.24) is 4.57 Å². The van der Waals surface area contributed by atoms with E-state index in [1.54, 1.807) is 0 Å². The van der Waals surface area contributed by atoms with E-state index in [1.807, 2.05) is 0 Å². The lowest BCUT2D eigenvalue weighted by atomic mass is 9.81. The molecule has 11 rings (SSSR count). The Kier molecular flexibility index (Phi) is 7.55. The van der Waals surface area contributed by atoms with Crippen LogP contribution in [0.3, 0.4) is 0 Å². The summed E-state index contributed by atoms with van der Waals surface area (Å²) < 4.78 is 2.44. The number of anilines is 3. The molecule has 0 bridgehead atoms. The number of nitrogens with zero attached hydrogens (tertiary/aromatic N) is 2. The van der Waals surface area contributed by atoms with Crippen LogP contribution in [0.1, 0.15) is 25.0 Å². The molecule has 0 saturated heterocycles. The topological polar surface area (TPSA) is 8.17 Å². The van der Waals surface area contributed by atoms with Crippen molar-refractivity contribution in [3.05, 3.63) is 217 Å². The zero-order chi connectivity index (χ0) is 38.1. The van der Waals surface area contributed by atoms with Crippen LogP contribution in [0.25, 0.3) is 71.6 Å². The fourth-order valence-electron chi connectivity index (χ4n) is 9.67. The molecular formula is C55H40N2. The number of rotatable bonds is 6. The molecule has 2 heteroatoms. The van der Waals surface area contributed by atoms with Crippen LogP contribution in [0.5, 0.6) is 0 Å². The zero-order valence-electron chi connectivity index (χ0n) is 32.0. The Morgan fingerprint density at radius 3 is 1.65 bits per heavy atom. The molecule has 1 aliphatic carbocycles. The van der Waals surface area contributed by atoms with Gasteiger partial charge in [-0.05, 0) is 86.6 Å². The largest absolute Gasteiger partial charge is 0.309 e. The minimum atomic E-state index is -0.222. The van der Waals surface area contributed by atoms with Gasteiger partial charge in [0.2, 0.25) is 0 Å². The van der Waals surface area contributed by atoms with Gasteiger partial charge in [-0.1, -0.05) is 178 Å². The molecule has 0 radical (unpaired) electrons. The Hall–Kier alpha value is -7.16. The normalized spacial score (nSPS) is 12.9. The van der Waals surface area contributed by atoms with Crippen LogP contribution in [-0.4, -0.2) is 4.57 Å². The first-order chi connectivity index (χ1) is 28.1. The highest BCUT2D eigenvalue weighted by molar-refractivity contribution is 6.10. The Labute approximate surface area is 333 Å². The van der Waals surface area contributed by atoms with Crippen molar-refractivity contribution in [2.45, 2.75) is 19.3 Å². The Balaban J connectivity index is 1.22. The van der Waals surface area contributed by atoms with E-state index >= 15 is 0 Å². The summed E-state index contributed by atoms with van der Waals surface area (Å²) in [6, 6.07) is 75.7. The lowest BCUT2D eigenvalue weighted by Crippen LogP contribution is -2.21. The van der Waals surface area contributed by atoms with E-state index in [2.05, 4.69) is 230 Å². The third-order valence-corrected chi connectivity index (χ3v) is 12.1. The highest BCUT2D eigenvalue weighted by Gasteiger charge is 2.39. The number of hydrogen-bond donors (Lipinski definition) is 0. The van der Waals surface area contributed by atoms with E-state index in [9.17, 15) is 0 Å². The van der Waals surface area contributed by atoms with Gasteiger partial charge in [0.25, 0.3) is 0 Å². The van der Waals surface area contributed by atoms with Gasteiger partial charge < -0.3 is 9.47 Å². The number of aromatic nitrogens is 1. The molecule has 9 aromatic carbocycles. The summed E-state index contributed by atoms with van der Waals surface area (Å²) in [7, 11) is 0. The van der Waals surface area contributed by atoms with Crippen molar-refractivity contribution in [2.75, 3.05) is 4.90 Å². The molecule has 0 N–H and O–H groups in total. The summed E-state index contributed by atoms with van der Waals surface area (Å²) in [6.45, 7) is 4.77. The van der Waals surface area contributed by atoms with E-state index in [1.165, 1.54) is 82.8 Å². The molecule has 270 valence electrons. The molecular weight excluding hydrogens is 689 g/mol. The highest BCUT2D eigenvalue weighted by atomic mass is 15.2. The highest BCUT2D eigenvalue weighted by Crippen LogP contribution is 2.56. The van der Waals surface area contributed by atoms with Crippen LogP contribution in [0, 0.1) is 0 Å². The van der Waals surface area contributed by atoms with Gasteiger partial charge in [0.1, 0.15) is 0 Å². The fourth-order valence-corrected chi connectivity index (χ4v) is 9.67. The average Bonchev–Trinajstić information content (AvgIpc) is 3.73. The molecule has 0 atom stereocenters. The summed E-state index contributed by atoms with van der Waals surface area (Å²) in [4.78, 5) is 2.55. The molecule has 2 nitrogen and oxygen atoms in total. The van der Waals surface area contributed by atoms with Crippen LogP contribution < -0.4 is 4.90 Å². The second-order valence-corrected chi connectivity index (χ2v) is 15.7. The first kappa shape index (κ1) is 33.2. The lowest BCUT2D eigenvalue weighted by molar-refractivity contribution is 0.661.